The number of nitrogens with one attached hydrogen (secondary N) is 1. The maximum absolute atomic E-state index is 12.0. The lowest BCUT2D eigenvalue weighted by molar-refractivity contribution is -0.181. The highest BCUT2D eigenvalue weighted by molar-refractivity contribution is 5.74. The Morgan fingerprint density at radius 3 is 2.52 bits per heavy atom. The van der Waals surface area contributed by atoms with Crippen LogP contribution in [0.1, 0.15) is 39.0 Å². The maximum atomic E-state index is 12.0. The Morgan fingerprint density at radius 1 is 1.19 bits per heavy atom. The van der Waals surface area contributed by atoms with Crippen LogP contribution in [0.15, 0.2) is 0 Å². The average molecular weight is 300 g/mol. The van der Waals surface area contributed by atoms with E-state index in [2.05, 4.69) is 12.2 Å². The minimum absolute atomic E-state index is 0.0106. The number of nitrogens with zero attached hydrogens (tertiary/aromatic N) is 1. The first kappa shape index (κ1) is 16.5. The molecule has 0 aromatic heterocycles. The molecule has 1 N–H and O–H groups in total. The molecule has 0 unspecified atom stereocenters. The van der Waals surface area contributed by atoms with Crippen LogP contribution in [0, 0.1) is 0 Å². The fourth-order valence-corrected chi connectivity index (χ4v) is 2.67. The van der Waals surface area contributed by atoms with Gasteiger partial charge in [-0.05, 0) is 12.8 Å². The number of hydrogen-bond acceptors (Lipinski definition) is 4. The van der Waals surface area contributed by atoms with Crippen LogP contribution in [-0.2, 0) is 14.2 Å². The zero-order valence-electron chi connectivity index (χ0n) is 13.1. The highest BCUT2D eigenvalue weighted by Crippen LogP contribution is 2.31. The molecule has 2 rings (SSSR count). The van der Waals surface area contributed by atoms with E-state index in [9.17, 15) is 4.79 Å². The first-order valence-electron chi connectivity index (χ1n) is 8.14. The third-order valence-corrected chi connectivity index (χ3v) is 4.01. The molecule has 21 heavy (non-hydrogen) atoms. The summed E-state index contributed by atoms with van der Waals surface area (Å²) < 4.78 is 16.8. The molecule has 0 aliphatic carbocycles. The first-order valence-corrected chi connectivity index (χ1v) is 8.14. The molecule has 0 bridgehead atoms. The molecule has 0 aromatic carbocycles. The number of ether oxygens (including phenoxy) is 3. The van der Waals surface area contributed by atoms with E-state index in [1.54, 1.807) is 0 Å². The van der Waals surface area contributed by atoms with Crippen molar-refractivity contribution >= 4 is 6.03 Å². The number of rotatable bonds is 7. The van der Waals surface area contributed by atoms with Crippen molar-refractivity contribution in [1.29, 1.82) is 0 Å². The molecule has 2 aliphatic rings. The van der Waals surface area contributed by atoms with E-state index in [0.717, 1.165) is 38.7 Å². The second kappa shape index (κ2) is 8.56. The van der Waals surface area contributed by atoms with Gasteiger partial charge < -0.3 is 24.4 Å². The molecule has 2 saturated heterocycles. The smallest absolute Gasteiger partial charge is 0.317 e. The Bertz CT molecular complexity index is 309. The second-order valence-electron chi connectivity index (χ2n) is 5.65. The van der Waals surface area contributed by atoms with E-state index in [4.69, 9.17) is 14.2 Å². The van der Waals surface area contributed by atoms with Gasteiger partial charge in [-0.15, -0.1) is 0 Å². The first-order chi connectivity index (χ1) is 10.3. The van der Waals surface area contributed by atoms with E-state index >= 15 is 0 Å². The Kier molecular flexibility index (Phi) is 6.73. The van der Waals surface area contributed by atoms with Gasteiger partial charge in [0.15, 0.2) is 5.79 Å². The van der Waals surface area contributed by atoms with Crippen molar-refractivity contribution in [3.63, 3.8) is 0 Å². The molecule has 2 amide bonds. The second-order valence-corrected chi connectivity index (χ2v) is 5.65. The third-order valence-electron chi connectivity index (χ3n) is 4.01. The number of likely N-dealkylation sites (tertiary alicyclic amines) is 1. The SMILES string of the molecule is CCCCOCCCNC(=O)N1CCC2(CC1)OCCO2. The van der Waals surface area contributed by atoms with Crippen LogP contribution in [0.5, 0.6) is 0 Å². The van der Waals surface area contributed by atoms with Gasteiger partial charge in [-0.25, -0.2) is 4.79 Å². The van der Waals surface area contributed by atoms with Gasteiger partial charge in [0.25, 0.3) is 0 Å². The van der Waals surface area contributed by atoms with E-state index in [1.165, 1.54) is 0 Å². The van der Waals surface area contributed by atoms with Crippen molar-refractivity contribution in [1.82, 2.24) is 10.2 Å². The summed E-state index contributed by atoms with van der Waals surface area (Å²) in [4.78, 5) is 13.9. The number of piperidine rings is 1. The zero-order chi connectivity index (χ0) is 15.0. The molecule has 0 radical (unpaired) electrons. The minimum atomic E-state index is -0.413. The fraction of sp³-hybridized carbons (Fsp3) is 0.933. The number of urea groups is 1. The summed E-state index contributed by atoms with van der Waals surface area (Å²) in [5, 5.41) is 2.95. The Balaban J connectivity index is 1.53. The van der Waals surface area contributed by atoms with Crippen LogP contribution in [0.25, 0.3) is 0 Å². The van der Waals surface area contributed by atoms with E-state index in [0.29, 0.717) is 39.5 Å². The van der Waals surface area contributed by atoms with Gasteiger partial charge in [0.05, 0.1) is 13.2 Å². The quantitative estimate of drug-likeness (QED) is 0.728. The van der Waals surface area contributed by atoms with E-state index in [1.807, 2.05) is 4.90 Å². The van der Waals surface area contributed by atoms with Gasteiger partial charge in [0.1, 0.15) is 0 Å². The van der Waals surface area contributed by atoms with Crippen molar-refractivity contribution < 1.29 is 19.0 Å². The normalized spacial score (nSPS) is 20.9. The van der Waals surface area contributed by atoms with E-state index in [-0.39, 0.29) is 6.03 Å². The Labute approximate surface area is 127 Å². The van der Waals surface area contributed by atoms with Gasteiger partial charge >= 0.3 is 6.03 Å². The number of carbonyl (C=O) groups excluding carboxylic acids is 1. The van der Waals surface area contributed by atoms with Gasteiger partial charge in [-0.1, -0.05) is 13.3 Å². The molecule has 6 nitrogen and oxygen atoms in total. The minimum Gasteiger partial charge on any atom is -0.381 e. The molecule has 1 spiro atoms. The predicted molar refractivity (Wildman–Crippen MR) is 79.2 cm³/mol. The van der Waals surface area contributed by atoms with Crippen LogP contribution in [0.3, 0.4) is 0 Å². The monoisotopic (exact) mass is 300 g/mol. The predicted octanol–water partition coefficient (Wildman–Crippen LogP) is 1.74. The molecule has 122 valence electrons. The van der Waals surface area contributed by atoms with Gasteiger partial charge in [-0.3, -0.25) is 0 Å². The zero-order valence-corrected chi connectivity index (χ0v) is 13.1. The largest absolute Gasteiger partial charge is 0.381 e. The highest BCUT2D eigenvalue weighted by atomic mass is 16.7. The van der Waals surface area contributed by atoms with Crippen molar-refractivity contribution in [3.05, 3.63) is 0 Å². The van der Waals surface area contributed by atoms with Crippen molar-refractivity contribution in [3.8, 4) is 0 Å². The van der Waals surface area contributed by atoms with Gasteiger partial charge in [-0.2, -0.15) is 0 Å². The molecule has 2 heterocycles. The van der Waals surface area contributed by atoms with Crippen LogP contribution in [0.4, 0.5) is 4.79 Å². The number of amides is 2. The molecular formula is C15H28N2O4. The van der Waals surface area contributed by atoms with Crippen molar-refractivity contribution in [2.45, 2.75) is 44.8 Å². The summed E-state index contributed by atoms with van der Waals surface area (Å²) in [5.41, 5.74) is 0. The topological polar surface area (TPSA) is 60.0 Å². The molecule has 0 saturated carbocycles. The molecular weight excluding hydrogens is 272 g/mol. The summed E-state index contributed by atoms with van der Waals surface area (Å²) in [6, 6.07) is 0.0106. The standard InChI is InChI=1S/C15H28N2O4/c1-2-3-10-19-11-4-7-16-14(18)17-8-5-15(6-9-17)20-12-13-21-15/h2-13H2,1H3,(H,16,18). The summed E-state index contributed by atoms with van der Waals surface area (Å²) in [7, 11) is 0. The van der Waals surface area contributed by atoms with E-state index < -0.39 is 5.79 Å². The van der Waals surface area contributed by atoms with Crippen molar-refractivity contribution in [2.24, 2.45) is 0 Å². The molecule has 6 heteroatoms. The summed E-state index contributed by atoms with van der Waals surface area (Å²) in [6.07, 6.45) is 4.65. The Morgan fingerprint density at radius 2 is 1.86 bits per heavy atom. The summed E-state index contributed by atoms with van der Waals surface area (Å²) >= 11 is 0. The number of hydrogen-bond donors (Lipinski definition) is 1. The third kappa shape index (κ3) is 5.13. The molecule has 2 aliphatic heterocycles. The molecule has 0 atom stereocenters. The average Bonchev–Trinajstić information content (AvgIpc) is 2.95. The summed E-state index contributed by atoms with van der Waals surface area (Å²) in [6.45, 7) is 7.07. The van der Waals surface area contributed by atoms with Crippen LogP contribution < -0.4 is 5.32 Å². The van der Waals surface area contributed by atoms with Crippen LogP contribution in [-0.4, -0.2) is 62.8 Å². The Hall–Kier alpha value is -0.850. The maximum Gasteiger partial charge on any atom is 0.317 e. The number of unbranched alkanes of at least 4 members (excludes halogenated alkanes) is 1. The number of carbonyl (C=O) groups is 1. The van der Waals surface area contributed by atoms with Crippen LogP contribution >= 0.6 is 0 Å². The lowest BCUT2D eigenvalue weighted by Crippen LogP contribution is -2.50. The lowest BCUT2D eigenvalue weighted by atomic mass is 10.0. The summed E-state index contributed by atoms with van der Waals surface area (Å²) in [5.74, 6) is -0.413. The van der Waals surface area contributed by atoms with Crippen molar-refractivity contribution in [2.75, 3.05) is 46.1 Å². The van der Waals surface area contributed by atoms with Gasteiger partial charge in [0, 0.05) is 45.7 Å². The van der Waals surface area contributed by atoms with Gasteiger partial charge in [0.2, 0.25) is 0 Å². The van der Waals surface area contributed by atoms with Crippen LogP contribution in [0.2, 0.25) is 0 Å². The fourth-order valence-electron chi connectivity index (χ4n) is 2.67. The molecule has 2 fully saturated rings. The lowest BCUT2D eigenvalue weighted by Gasteiger charge is -2.37. The highest BCUT2D eigenvalue weighted by Gasteiger charge is 2.40. The molecule has 0 aromatic rings.